The number of nitrogens with one attached hydrogen (secondary N) is 1. The van der Waals surface area contributed by atoms with Crippen LogP contribution < -0.4 is 14.8 Å². The average molecular weight is 440 g/mol. The molecule has 0 aliphatic heterocycles. The van der Waals surface area contributed by atoms with Gasteiger partial charge in [-0.2, -0.15) is 0 Å². The Balaban J connectivity index is 1.38. The van der Waals surface area contributed by atoms with Gasteiger partial charge < -0.3 is 23.9 Å². The predicted molar refractivity (Wildman–Crippen MR) is 117 cm³/mol. The van der Waals surface area contributed by atoms with Gasteiger partial charge in [0.1, 0.15) is 22.7 Å². The summed E-state index contributed by atoms with van der Waals surface area (Å²) in [4.78, 5) is 24.1. The Hall–Kier alpha value is -3.71. The topological polar surface area (TPSA) is 87.0 Å². The molecule has 0 spiro atoms. The summed E-state index contributed by atoms with van der Waals surface area (Å²) in [5, 5.41) is 5.05. The van der Waals surface area contributed by atoms with Crippen LogP contribution in [0.4, 0.5) is 5.69 Å². The van der Waals surface area contributed by atoms with Crippen LogP contribution in [0.5, 0.6) is 11.5 Å². The van der Waals surface area contributed by atoms with Gasteiger partial charge in [-0.3, -0.25) is 4.79 Å². The second-order valence-electron chi connectivity index (χ2n) is 6.60. The van der Waals surface area contributed by atoms with Gasteiger partial charge in [-0.1, -0.05) is 29.8 Å². The van der Waals surface area contributed by atoms with E-state index in [2.05, 4.69) is 5.32 Å². The molecule has 0 bridgehead atoms. The average Bonchev–Trinajstić information content (AvgIpc) is 3.14. The molecule has 1 heterocycles. The number of furan rings is 1. The van der Waals surface area contributed by atoms with Crippen molar-refractivity contribution in [2.24, 2.45) is 0 Å². The van der Waals surface area contributed by atoms with E-state index in [0.717, 1.165) is 16.4 Å². The summed E-state index contributed by atoms with van der Waals surface area (Å²) < 4.78 is 21.5. The molecule has 1 aromatic heterocycles. The van der Waals surface area contributed by atoms with Crippen LogP contribution in [0.1, 0.15) is 0 Å². The van der Waals surface area contributed by atoms with Crippen molar-refractivity contribution in [1.82, 2.24) is 0 Å². The smallest absolute Gasteiger partial charge is 0.344 e. The summed E-state index contributed by atoms with van der Waals surface area (Å²) >= 11 is 5.79. The van der Waals surface area contributed by atoms with E-state index in [4.69, 9.17) is 30.2 Å². The van der Waals surface area contributed by atoms with Gasteiger partial charge in [0, 0.05) is 21.9 Å². The molecule has 1 N–H and O–H groups in total. The Kier molecular flexibility index (Phi) is 5.95. The zero-order valence-corrected chi connectivity index (χ0v) is 17.3. The summed E-state index contributed by atoms with van der Waals surface area (Å²) in [7, 11) is 1.51. The molecule has 4 aromatic rings. The Labute approximate surface area is 182 Å². The fourth-order valence-corrected chi connectivity index (χ4v) is 3.19. The molecule has 0 saturated heterocycles. The van der Waals surface area contributed by atoms with Crippen molar-refractivity contribution in [2.45, 2.75) is 0 Å². The number of esters is 1. The van der Waals surface area contributed by atoms with Crippen LogP contribution in [0, 0.1) is 0 Å². The normalized spacial score (nSPS) is 10.8. The molecule has 0 saturated carbocycles. The first-order chi connectivity index (χ1) is 15.0. The van der Waals surface area contributed by atoms with Crippen LogP contribution in [0.25, 0.3) is 21.9 Å². The largest absolute Gasteiger partial charge is 0.495 e. The number of ether oxygens (including phenoxy) is 3. The third kappa shape index (κ3) is 4.73. The number of para-hydroxylation sites is 1. The third-order valence-electron chi connectivity index (χ3n) is 4.51. The van der Waals surface area contributed by atoms with Gasteiger partial charge in [0.05, 0.1) is 12.8 Å². The first-order valence-electron chi connectivity index (χ1n) is 9.36. The van der Waals surface area contributed by atoms with E-state index in [0.29, 0.717) is 27.8 Å². The van der Waals surface area contributed by atoms with E-state index in [1.165, 1.54) is 7.11 Å². The van der Waals surface area contributed by atoms with Gasteiger partial charge in [-0.15, -0.1) is 0 Å². The highest BCUT2D eigenvalue weighted by Crippen LogP contribution is 2.36. The number of fused-ring (bicyclic) bond motifs is 3. The molecule has 31 heavy (non-hydrogen) atoms. The summed E-state index contributed by atoms with van der Waals surface area (Å²) in [6, 6.07) is 17.6. The van der Waals surface area contributed by atoms with E-state index >= 15 is 0 Å². The molecule has 0 aliphatic carbocycles. The van der Waals surface area contributed by atoms with E-state index < -0.39 is 18.5 Å². The lowest BCUT2D eigenvalue weighted by atomic mass is 10.1. The third-order valence-corrected chi connectivity index (χ3v) is 4.76. The molecule has 0 radical (unpaired) electrons. The number of hydrogen-bond donors (Lipinski definition) is 1. The zero-order chi connectivity index (χ0) is 21.8. The molecule has 8 heteroatoms. The van der Waals surface area contributed by atoms with Gasteiger partial charge in [-0.05, 0) is 36.4 Å². The Morgan fingerprint density at radius 3 is 2.52 bits per heavy atom. The number of benzene rings is 3. The van der Waals surface area contributed by atoms with Crippen LogP contribution in [0.3, 0.4) is 0 Å². The number of halogens is 1. The van der Waals surface area contributed by atoms with E-state index in [9.17, 15) is 9.59 Å². The van der Waals surface area contributed by atoms with E-state index in [1.54, 1.807) is 36.4 Å². The molecule has 158 valence electrons. The molecule has 7 nitrogen and oxygen atoms in total. The van der Waals surface area contributed by atoms with Crippen LogP contribution in [-0.2, 0) is 14.3 Å². The molecule has 0 unspecified atom stereocenters. The van der Waals surface area contributed by atoms with Crippen molar-refractivity contribution in [3.63, 3.8) is 0 Å². The second kappa shape index (κ2) is 8.97. The lowest BCUT2D eigenvalue weighted by Crippen LogP contribution is -2.23. The van der Waals surface area contributed by atoms with Crippen LogP contribution in [0.15, 0.2) is 65.1 Å². The minimum atomic E-state index is -0.676. The van der Waals surface area contributed by atoms with Gasteiger partial charge >= 0.3 is 5.97 Å². The summed E-state index contributed by atoms with van der Waals surface area (Å²) in [6.45, 7) is -0.798. The van der Waals surface area contributed by atoms with Crippen molar-refractivity contribution in [3.05, 3.63) is 65.7 Å². The Bertz CT molecular complexity index is 1250. The van der Waals surface area contributed by atoms with Crippen LogP contribution >= 0.6 is 11.6 Å². The Morgan fingerprint density at radius 1 is 0.968 bits per heavy atom. The summed E-state index contributed by atoms with van der Waals surface area (Å²) in [6.07, 6.45) is 0. The number of methoxy groups -OCH3 is 1. The van der Waals surface area contributed by atoms with E-state index in [1.807, 2.05) is 24.3 Å². The van der Waals surface area contributed by atoms with Crippen molar-refractivity contribution in [3.8, 4) is 11.5 Å². The molecule has 1 amide bonds. The zero-order valence-electron chi connectivity index (χ0n) is 16.5. The van der Waals surface area contributed by atoms with Gasteiger partial charge in [-0.25, -0.2) is 4.79 Å². The fourth-order valence-electron chi connectivity index (χ4n) is 3.07. The van der Waals surface area contributed by atoms with Crippen molar-refractivity contribution >= 4 is 51.1 Å². The highest BCUT2D eigenvalue weighted by atomic mass is 35.5. The number of rotatable bonds is 7. The van der Waals surface area contributed by atoms with Crippen LogP contribution in [0.2, 0.25) is 5.02 Å². The van der Waals surface area contributed by atoms with E-state index in [-0.39, 0.29) is 6.61 Å². The lowest BCUT2D eigenvalue weighted by Gasteiger charge is -2.11. The first-order valence-corrected chi connectivity index (χ1v) is 9.74. The van der Waals surface area contributed by atoms with Crippen molar-refractivity contribution in [1.29, 1.82) is 0 Å². The van der Waals surface area contributed by atoms with Gasteiger partial charge in [0.2, 0.25) is 0 Å². The predicted octanol–water partition coefficient (Wildman–Crippen LogP) is 4.81. The van der Waals surface area contributed by atoms with Gasteiger partial charge in [0.15, 0.2) is 13.2 Å². The SMILES string of the molecule is COc1cc2c(cc1NC(=O)COC(=O)COc1ccc(Cl)cc1)oc1ccccc12. The Morgan fingerprint density at radius 2 is 1.74 bits per heavy atom. The standard InChI is InChI=1S/C23H18ClNO6/c1-28-21-10-17-16-4-2-3-5-19(16)31-20(17)11-18(21)25-22(26)12-30-23(27)13-29-15-8-6-14(24)7-9-15/h2-11H,12-13H2,1H3,(H,25,26). The van der Waals surface area contributed by atoms with Crippen molar-refractivity contribution in [2.75, 3.05) is 25.6 Å². The maximum atomic E-state index is 12.3. The number of carbonyl (C=O) groups is 2. The number of hydrogen-bond acceptors (Lipinski definition) is 6. The lowest BCUT2D eigenvalue weighted by molar-refractivity contribution is -0.149. The quantitative estimate of drug-likeness (QED) is 0.416. The number of amides is 1. The maximum absolute atomic E-state index is 12.3. The summed E-state index contributed by atoms with van der Waals surface area (Å²) in [5.41, 5.74) is 1.75. The fraction of sp³-hybridized carbons (Fsp3) is 0.130. The number of anilines is 1. The van der Waals surface area contributed by atoms with Crippen LogP contribution in [-0.4, -0.2) is 32.2 Å². The highest BCUT2D eigenvalue weighted by Gasteiger charge is 2.15. The molecule has 3 aromatic carbocycles. The minimum Gasteiger partial charge on any atom is -0.495 e. The monoisotopic (exact) mass is 439 g/mol. The molecule has 0 aliphatic rings. The summed E-state index contributed by atoms with van der Waals surface area (Å²) in [5.74, 6) is -0.266. The minimum absolute atomic E-state index is 0.330. The van der Waals surface area contributed by atoms with Gasteiger partial charge in [0.25, 0.3) is 5.91 Å². The highest BCUT2D eigenvalue weighted by molar-refractivity contribution is 6.30. The molecular formula is C23H18ClNO6. The second-order valence-corrected chi connectivity index (χ2v) is 7.03. The molecule has 0 fully saturated rings. The molecule has 0 atom stereocenters. The van der Waals surface area contributed by atoms with Crippen molar-refractivity contribution < 1.29 is 28.2 Å². The number of carbonyl (C=O) groups excluding carboxylic acids is 2. The maximum Gasteiger partial charge on any atom is 0.344 e. The molecular weight excluding hydrogens is 422 g/mol. The molecule has 4 rings (SSSR count). The first kappa shape index (κ1) is 20.6.